The van der Waals surface area contributed by atoms with Gasteiger partial charge in [-0.05, 0) is 50.8 Å². The van der Waals surface area contributed by atoms with Gasteiger partial charge in [0, 0.05) is 38.4 Å². The van der Waals surface area contributed by atoms with Crippen LogP contribution in [0, 0.1) is 0 Å². The Bertz CT molecular complexity index is 727. The van der Waals surface area contributed by atoms with Crippen LogP contribution < -0.4 is 5.32 Å². The zero-order chi connectivity index (χ0) is 19.6. The number of carbonyl (C=O) groups is 1. The van der Waals surface area contributed by atoms with E-state index in [1.54, 1.807) is 24.5 Å². The Morgan fingerprint density at radius 2 is 1.85 bits per heavy atom. The third-order valence-electron chi connectivity index (χ3n) is 3.93. The van der Waals surface area contributed by atoms with Gasteiger partial charge in [-0.1, -0.05) is 29.3 Å². The van der Waals surface area contributed by atoms with Crippen molar-refractivity contribution in [1.82, 2.24) is 19.8 Å². The lowest BCUT2D eigenvalue weighted by atomic mass is 10.2. The quantitative estimate of drug-likeness (QED) is 0.649. The number of rotatable bonds is 10. The standard InChI is InChI=1S/C19H25Cl2N5O/c1-25(2)11-4-12-26(14-15-5-6-16(20)17(21)13-15)18(27)7-10-24-19-22-8-3-9-23-19/h3,5-6,8-9,13H,4,7,10-12,14H2,1-2H3,(H,22,23,24). The zero-order valence-electron chi connectivity index (χ0n) is 15.7. The summed E-state index contributed by atoms with van der Waals surface area (Å²) < 4.78 is 0. The van der Waals surface area contributed by atoms with Crippen molar-refractivity contribution in [3.05, 3.63) is 52.3 Å². The van der Waals surface area contributed by atoms with Crippen molar-refractivity contribution >= 4 is 35.1 Å². The highest BCUT2D eigenvalue weighted by molar-refractivity contribution is 6.42. The Balaban J connectivity index is 1.94. The molecule has 1 aromatic heterocycles. The number of anilines is 1. The first-order valence-electron chi connectivity index (χ1n) is 8.83. The van der Waals surface area contributed by atoms with Gasteiger partial charge in [0.15, 0.2) is 0 Å². The topological polar surface area (TPSA) is 61.4 Å². The maximum absolute atomic E-state index is 12.7. The van der Waals surface area contributed by atoms with E-state index in [4.69, 9.17) is 23.2 Å². The Morgan fingerprint density at radius 1 is 1.11 bits per heavy atom. The monoisotopic (exact) mass is 409 g/mol. The van der Waals surface area contributed by atoms with Crippen molar-refractivity contribution in [3.8, 4) is 0 Å². The minimum absolute atomic E-state index is 0.0725. The second kappa shape index (κ2) is 11.1. The lowest BCUT2D eigenvalue weighted by molar-refractivity contribution is -0.131. The zero-order valence-corrected chi connectivity index (χ0v) is 17.2. The van der Waals surface area contributed by atoms with Crippen molar-refractivity contribution in [2.24, 2.45) is 0 Å². The number of aromatic nitrogens is 2. The van der Waals surface area contributed by atoms with Crippen molar-refractivity contribution < 1.29 is 4.79 Å². The van der Waals surface area contributed by atoms with Crippen molar-refractivity contribution in [3.63, 3.8) is 0 Å². The molecule has 0 aliphatic carbocycles. The van der Waals surface area contributed by atoms with Gasteiger partial charge in [0.05, 0.1) is 10.0 Å². The van der Waals surface area contributed by atoms with E-state index in [9.17, 15) is 4.79 Å². The van der Waals surface area contributed by atoms with Gasteiger partial charge in [-0.3, -0.25) is 4.79 Å². The molecule has 1 amide bonds. The van der Waals surface area contributed by atoms with E-state index in [-0.39, 0.29) is 5.91 Å². The molecule has 2 rings (SSSR count). The molecule has 0 radical (unpaired) electrons. The maximum atomic E-state index is 12.7. The highest BCUT2D eigenvalue weighted by atomic mass is 35.5. The second-order valence-corrected chi connectivity index (χ2v) is 7.28. The molecule has 0 atom stereocenters. The Labute approximate surface area is 170 Å². The first-order chi connectivity index (χ1) is 13.0. The molecule has 0 aliphatic heterocycles. The summed E-state index contributed by atoms with van der Waals surface area (Å²) in [4.78, 5) is 24.9. The van der Waals surface area contributed by atoms with E-state index < -0.39 is 0 Å². The molecule has 6 nitrogen and oxygen atoms in total. The van der Waals surface area contributed by atoms with Crippen molar-refractivity contribution in [1.29, 1.82) is 0 Å². The molecule has 0 saturated carbocycles. The van der Waals surface area contributed by atoms with Crippen LogP contribution in [0.4, 0.5) is 5.95 Å². The van der Waals surface area contributed by atoms with Gasteiger partial charge in [0.25, 0.3) is 0 Å². The highest BCUT2D eigenvalue weighted by Crippen LogP contribution is 2.23. The number of amides is 1. The molecule has 0 saturated heterocycles. The normalized spacial score (nSPS) is 10.9. The fourth-order valence-corrected chi connectivity index (χ4v) is 2.88. The maximum Gasteiger partial charge on any atom is 0.224 e. The fraction of sp³-hybridized carbons (Fsp3) is 0.421. The largest absolute Gasteiger partial charge is 0.354 e. The average molecular weight is 410 g/mol. The molecule has 8 heteroatoms. The SMILES string of the molecule is CN(C)CCCN(Cc1ccc(Cl)c(Cl)c1)C(=O)CCNc1ncccn1. The molecular formula is C19H25Cl2N5O. The summed E-state index contributed by atoms with van der Waals surface area (Å²) in [5, 5.41) is 4.08. The molecule has 0 fully saturated rings. The Kier molecular flexibility index (Phi) is 8.78. The molecule has 27 heavy (non-hydrogen) atoms. The molecule has 1 heterocycles. The van der Waals surface area contributed by atoms with Crippen LogP contribution in [-0.2, 0) is 11.3 Å². The first-order valence-corrected chi connectivity index (χ1v) is 9.58. The lowest BCUT2D eigenvalue weighted by Gasteiger charge is -2.24. The van der Waals surface area contributed by atoms with Gasteiger partial charge < -0.3 is 15.1 Å². The van der Waals surface area contributed by atoms with Crippen molar-refractivity contribution in [2.75, 3.05) is 39.0 Å². The predicted molar refractivity (Wildman–Crippen MR) is 110 cm³/mol. The van der Waals surface area contributed by atoms with Gasteiger partial charge in [-0.15, -0.1) is 0 Å². The molecular weight excluding hydrogens is 385 g/mol. The molecule has 2 aromatic rings. The Morgan fingerprint density at radius 3 is 2.52 bits per heavy atom. The third-order valence-corrected chi connectivity index (χ3v) is 4.67. The molecule has 146 valence electrons. The van der Waals surface area contributed by atoms with Gasteiger partial charge in [-0.25, -0.2) is 9.97 Å². The van der Waals surface area contributed by atoms with E-state index in [1.807, 2.05) is 31.1 Å². The van der Waals surface area contributed by atoms with Crippen LogP contribution in [0.25, 0.3) is 0 Å². The lowest BCUT2D eigenvalue weighted by Crippen LogP contribution is -2.34. The van der Waals surface area contributed by atoms with Gasteiger partial charge in [-0.2, -0.15) is 0 Å². The van der Waals surface area contributed by atoms with Crippen LogP contribution in [0.2, 0.25) is 10.0 Å². The summed E-state index contributed by atoms with van der Waals surface area (Å²) in [7, 11) is 4.05. The van der Waals surface area contributed by atoms with Crippen molar-refractivity contribution in [2.45, 2.75) is 19.4 Å². The van der Waals surface area contributed by atoms with E-state index in [2.05, 4.69) is 20.2 Å². The summed E-state index contributed by atoms with van der Waals surface area (Å²) in [6, 6.07) is 7.22. The number of carbonyl (C=O) groups excluding carboxylic acids is 1. The van der Waals surface area contributed by atoms with E-state index in [0.29, 0.717) is 42.0 Å². The summed E-state index contributed by atoms with van der Waals surface area (Å²) in [6.45, 7) is 2.58. The number of halogens is 2. The minimum atomic E-state index is 0.0725. The van der Waals surface area contributed by atoms with Crippen LogP contribution >= 0.6 is 23.2 Å². The van der Waals surface area contributed by atoms with Crippen LogP contribution in [0.5, 0.6) is 0 Å². The number of nitrogens with one attached hydrogen (secondary N) is 1. The van der Waals surface area contributed by atoms with Crippen LogP contribution in [-0.4, -0.2) is 59.4 Å². The summed E-state index contributed by atoms with van der Waals surface area (Å²) in [6.07, 6.45) is 4.58. The highest BCUT2D eigenvalue weighted by Gasteiger charge is 2.14. The molecule has 0 spiro atoms. The average Bonchev–Trinajstić information content (AvgIpc) is 2.64. The molecule has 0 unspecified atom stereocenters. The van der Waals surface area contributed by atoms with E-state index >= 15 is 0 Å². The minimum Gasteiger partial charge on any atom is -0.354 e. The van der Waals surface area contributed by atoms with E-state index in [0.717, 1.165) is 18.5 Å². The summed E-state index contributed by atoms with van der Waals surface area (Å²) in [5.41, 5.74) is 0.960. The first kappa shape index (κ1) is 21.4. The van der Waals surface area contributed by atoms with Crippen LogP contribution in [0.1, 0.15) is 18.4 Å². The van der Waals surface area contributed by atoms with Gasteiger partial charge in [0.2, 0.25) is 11.9 Å². The number of benzene rings is 1. The summed E-state index contributed by atoms with van der Waals surface area (Å²) >= 11 is 12.1. The second-order valence-electron chi connectivity index (χ2n) is 6.47. The molecule has 1 aromatic carbocycles. The summed E-state index contributed by atoms with van der Waals surface area (Å²) in [5.74, 6) is 0.595. The van der Waals surface area contributed by atoms with Crippen LogP contribution in [0.15, 0.2) is 36.7 Å². The Hall–Kier alpha value is -1.89. The number of hydrogen-bond acceptors (Lipinski definition) is 5. The van der Waals surface area contributed by atoms with E-state index in [1.165, 1.54) is 0 Å². The smallest absolute Gasteiger partial charge is 0.224 e. The predicted octanol–water partition coefficient (Wildman–Crippen LogP) is 3.57. The molecule has 0 bridgehead atoms. The van der Waals surface area contributed by atoms with Gasteiger partial charge in [0.1, 0.15) is 0 Å². The molecule has 0 aliphatic rings. The fourth-order valence-electron chi connectivity index (χ4n) is 2.56. The van der Waals surface area contributed by atoms with Crippen LogP contribution in [0.3, 0.4) is 0 Å². The van der Waals surface area contributed by atoms with Gasteiger partial charge >= 0.3 is 0 Å². The third kappa shape index (κ3) is 7.71. The number of nitrogens with zero attached hydrogens (tertiary/aromatic N) is 4. The molecule has 1 N–H and O–H groups in total. The number of hydrogen-bond donors (Lipinski definition) is 1.